The number of halogens is 3. The van der Waals surface area contributed by atoms with Gasteiger partial charge in [0, 0.05) is 10.9 Å². The highest BCUT2D eigenvalue weighted by Gasteiger charge is 2.32. The molecule has 1 fully saturated rings. The molecule has 4 N–H and O–H groups in total. The number of carbonyl (C=O) groups is 3. The first kappa shape index (κ1) is 28.7. The molecule has 5 rings (SSSR count). The quantitative estimate of drug-likeness (QED) is 0.158. The lowest BCUT2D eigenvalue weighted by Crippen LogP contribution is -2.26. The number of fused-ring (bicyclic) bond motifs is 1. The number of aromatic carboxylic acids is 1. The molecule has 218 valence electrons. The minimum Gasteiger partial charge on any atom is -0.490 e. The van der Waals surface area contributed by atoms with Crippen molar-refractivity contribution >= 4 is 28.8 Å². The van der Waals surface area contributed by atoms with Crippen LogP contribution in [0.5, 0.6) is 5.75 Å². The number of aromatic amines is 1. The van der Waals surface area contributed by atoms with Gasteiger partial charge in [-0.25, -0.2) is 4.79 Å². The number of H-pyrrole nitrogens is 1. The molecule has 4 aromatic rings. The molecule has 0 unspecified atom stereocenters. The standard InChI is InChI=1S/C31H26F3NO7/c32-31(33,34)18-9-5-16(6-10-18)21-13-14-24-26(22(27(35-24)30(40)41)15-23(28(36)37)29(38)39)25(21)17-7-11-20(12-8-17)42-19-3-1-2-4-19/h5-14,19,23,35H,1-4,15H2,(H,36,37)(H,38,39)(H,40,41). The van der Waals surface area contributed by atoms with Gasteiger partial charge in [0.25, 0.3) is 0 Å². The minimum atomic E-state index is -4.55. The highest BCUT2D eigenvalue weighted by molar-refractivity contribution is 6.09. The Hall–Kier alpha value is -4.80. The third-order valence-corrected chi connectivity index (χ3v) is 7.56. The van der Waals surface area contributed by atoms with E-state index in [1.807, 2.05) is 0 Å². The van der Waals surface area contributed by atoms with Crippen molar-refractivity contribution in [2.45, 2.75) is 44.4 Å². The largest absolute Gasteiger partial charge is 0.490 e. The topological polar surface area (TPSA) is 137 Å². The molecular weight excluding hydrogens is 555 g/mol. The monoisotopic (exact) mass is 581 g/mol. The summed E-state index contributed by atoms with van der Waals surface area (Å²) < 4.78 is 45.9. The lowest BCUT2D eigenvalue weighted by atomic mass is 9.87. The molecule has 0 spiro atoms. The number of hydrogen-bond acceptors (Lipinski definition) is 4. The molecule has 3 aromatic carbocycles. The van der Waals surface area contributed by atoms with E-state index in [2.05, 4.69) is 4.98 Å². The summed E-state index contributed by atoms with van der Waals surface area (Å²) in [6, 6.07) is 14.6. The zero-order chi connectivity index (χ0) is 30.2. The Kier molecular flexibility index (Phi) is 7.68. The molecule has 1 saturated carbocycles. The maximum Gasteiger partial charge on any atom is 0.416 e. The smallest absolute Gasteiger partial charge is 0.416 e. The van der Waals surface area contributed by atoms with E-state index >= 15 is 0 Å². The van der Waals surface area contributed by atoms with Crippen LogP contribution in [0.2, 0.25) is 0 Å². The van der Waals surface area contributed by atoms with Crippen molar-refractivity contribution in [2.24, 2.45) is 5.92 Å². The number of alkyl halides is 3. The predicted octanol–water partition coefficient (Wildman–Crippen LogP) is 6.87. The second kappa shape index (κ2) is 11.2. The summed E-state index contributed by atoms with van der Waals surface area (Å²) >= 11 is 0. The van der Waals surface area contributed by atoms with Crippen molar-refractivity contribution in [3.8, 4) is 28.0 Å². The van der Waals surface area contributed by atoms with Gasteiger partial charge in [0.05, 0.1) is 11.7 Å². The van der Waals surface area contributed by atoms with E-state index in [1.165, 1.54) is 18.2 Å². The molecule has 0 amide bonds. The number of nitrogens with one attached hydrogen (secondary N) is 1. The molecule has 1 aliphatic rings. The fourth-order valence-corrected chi connectivity index (χ4v) is 5.50. The zero-order valence-corrected chi connectivity index (χ0v) is 22.1. The Morgan fingerprint density at radius 2 is 1.45 bits per heavy atom. The van der Waals surface area contributed by atoms with E-state index in [9.17, 15) is 42.9 Å². The van der Waals surface area contributed by atoms with Crippen LogP contribution in [0.4, 0.5) is 13.2 Å². The summed E-state index contributed by atoms with van der Waals surface area (Å²) in [5.74, 6) is -6.01. The maximum atomic E-state index is 13.3. The van der Waals surface area contributed by atoms with Crippen molar-refractivity contribution < 1.29 is 47.6 Å². The van der Waals surface area contributed by atoms with Gasteiger partial charge in [-0.3, -0.25) is 9.59 Å². The van der Waals surface area contributed by atoms with Crippen LogP contribution in [-0.4, -0.2) is 44.3 Å². The minimum absolute atomic E-state index is 0.0395. The van der Waals surface area contributed by atoms with Gasteiger partial charge >= 0.3 is 24.1 Å². The van der Waals surface area contributed by atoms with Gasteiger partial charge in [-0.1, -0.05) is 30.3 Å². The summed E-state index contributed by atoms with van der Waals surface area (Å²) in [5.41, 5.74) is 0.842. The molecule has 0 aliphatic heterocycles. The lowest BCUT2D eigenvalue weighted by molar-refractivity contribution is -0.154. The number of rotatable bonds is 9. The Labute approximate surface area is 237 Å². The van der Waals surface area contributed by atoms with E-state index < -0.39 is 42.0 Å². The molecule has 0 saturated heterocycles. The number of aliphatic carboxylic acids is 2. The molecular formula is C31H26F3NO7. The third kappa shape index (κ3) is 5.67. The zero-order valence-electron chi connectivity index (χ0n) is 22.1. The van der Waals surface area contributed by atoms with Crippen LogP contribution in [-0.2, 0) is 22.2 Å². The lowest BCUT2D eigenvalue weighted by Gasteiger charge is -2.17. The predicted molar refractivity (Wildman–Crippen MR) is 146 cm³/mol. The number of aromatic nitrogens is 1. The molecule has 0 bridgehead atoms. The van der Waals surface area contributed by atoms with Crippen molar-refractivity contribution in [3.63, 3.8) is 0 Å². The van der Waals surface area contributed by atoms with Crippen LogP contribution in [0.3, 0.4) is 0 Å². The van der Waals surface area contributed by atoms with E-state index in [4.69, 9.17) is 4.74 Å². The van der Waals surface area contributed by atoms with E-state index in [-0.39, 0.29) is 22.7 Å². The number of hydrogen-bond donors (Lipinski definition) is 4. The van der Waals surface area contributed by atoms with Crippen molar-refractivity contribution in [3.05, 3.63) is 77.5 Å². The van der Waals surface area contributed by atoms with Gasteiger partial charge in [-0.05, 0) is 90.3 Å². The number of ether oxygens (including phenoxy) is 1. The van der Waals surface area contributed by atoms with Gasteiger partial charge in [0.1, 0.15) is 11.4 Å². The average molecular weight is 582 g/mol. The van der Waals surface area contributed by atoms with Crippen molar-refractivity contribution in [2.75, 3.05) is 0 Å². The first-order valence-corrected chi connectivity index (χ1v) is 13.2. The van der Waals surface area contributed by atoms with Gasteiger partial charge in [0.2, 0.25) is 0 Å². The molecule has 8 nitrogen and oxygen atoms in total. The van der Waals surface area contributed by atoms with Crippen LogP contribution >= 0.6 is 0 Å². The fraction of sp³-hybridized carbons (Fsp3) is 0.258. The summed E-state index contributed by atoms with van der Waals surface area (Å²) in [7, 11) is 0. The highest BCUT2D eigenvalue weighted by Crippen LogP contribution is 2.43. The van der Waals surface area contributed by atoms with Crippen LogP contribution in [0, 0.1) is 5.92 Å². The summed E-state index contributed by atoms with van der Waals surface area (Å²) in [4.78, 5) is 38.5. The van der Waals surface area contributed by atoms with E-state index in [0.29, 0.717) is 33.5 Å². The second-order valence-electron chi connectivity index (χ2n) is 10.3. The third-order valence-electron chi connectivity index (χ3n) is 7.56. The van der Waals surface area contributed by atoms with Crippen LogP contribution < -0.4 is 4.74 Å². The Morgan fingerprint density at radius 1 is 0.857 bits per heavy atom. The maximum absolute atomic E-state index is 13.3. The SMILES string of the molecule is O=C(O)c1[nH]c2ccc(-c3ccc(C(F)(F)F)cc3)c(-c3ccc(OC4CCCC4)cc3)c2c1CC(C(=O)O)C(=O)O. The van der Waals surface area contributed by atoms with Gasteiger partial charge in [0.15, 0.2) is 5.92 Å². The van der Waals surface area contributed by atoms with Crippen LogP contribution in [0.25, 0.3) is 33.2 Å². The van der Waals surface area contributed by atoms with Gasteiger partial charge in [-0.15, -0.1) is 0 Å². The van der Waals surface area contributed by atoms with Crippen molar-refractivity contribution in [1.82, 2.24) is 4.98 Å². The van der Waals surface area contributed by atoms with Crippen LogP contribution in [0.1, 0.15) is 47.3 Å². The highest BCUT2D eigenvalue weighted by atomic mass is 19.4. The second-order valence-corrected chi connectivity index (χ2v) is 10.3. The van der Waals surface area contributed by atoms with Crippen molar-refractivity contribution in [1.29, 1.82) is 0 Å². The van der Waals surface area contributed by atoms with E-state index in [1.54, 1.807) is 30.3 Å². The molecule has 1 heterocycles. The number of carboxylic acid groups (broad SMARTS) is 3. The van der Waals surface area contributed by atoms with Gasteiger partial charge in [-0.2, -0.15) is 13.2 Å². The molecule has 42 heavy (non-hydrogen) atoms. The fourth-order valence-electron chi connectivity index (χ4n) is 5.50. The normalized spacial score (nSPS) is 14.0. The first-order chi connectivity index (χ1) is 19.9. The van der Waals surface area contributed by atoms with Gasteiger partial charge < -0.3 is 25.0 Å². The Morgan fingerprint density at radius 3 is 2.00 bits per heavy atom. The van der Waals surface area contributed by atoms with E-state index in [0.717, 1.165) is 37.8 Å². The molecule has 1 aliphatic carbocycles. The summed E-state index contributed by atoms with van der Waals surface area (Å²) in [6.45, 7) is 0. The van der Waals surface area contributed by atoms with Crippen LogP contribution in [0.15, 0.2) is 60.7 Å². The molecule has 1 aromatic heterocycles. The number of benzene rings is 3. The summed E-state index contributed by atoms with van der Waals surface area (Å²) in [5, 5.41) is 29.3. The average Bonchev–Trinajstić information content (AvgIpc) is 3.59. The first-order valence-electron chi connectivity index (χ1n) is 13.2. The Bertz CT molecular complexity index is 1640. The Balaban J connectivity index is 1.73. The summed E-state index contributed by atoms with van der Waals surface area (Å²) in [6.07, 6.45) is -1.04. The number of carboxylic acids is 3. The molecule has 0 atom stereocenters. The molecule has 0 radical (unpaired) electrons. The molecule has 11 heteroatoms.